The lowest BCUT2D eigenvalue weighted by Crippen LogP contribution is -2.12. The minimum Gasteiger partial charge on any atom is -0.425 e. The molecule has 0 saturated heterocycles. The smallest absolute Gasteiger partial charge is 0.314 e. The highest BCUT2D eigenvalue weighted by molar-refractivity contribution is 5.91. The van der Waals surface area contributed by atoms with Crippen molar-refractivity contribution in [2.45, 2.75) is 40.0 Å². The van der Waals surface area contributed by atoms with Gasteiger partial charge in [-0.15, -0.1) is 0 Å². The molecule has 1 aromatic carbocycles. The normalized spacial score (nSPS) is 14.5. The van der Waals surface area contributed by atoms with Gasteiger partial charge in [-0.05, 0) is 44.7 Å². The van der Waals surface area contributed by atoms with Gasteiger partial charge >= 0.3 is 5.97 Å². The molecular formula is C17H18FNO2. The molecule has 110 valence electrons. The van der Waals surface area contributed by atoms with E-state index < -0.39 is 0 Å². The minimum atomic E-state index is -0.357. The zero-order valence-electron chi connectivity index (χ0n) is 12.5. The van der Waals surface area contributed by atoms with Crippen LogP contribution in [0, 0.1) is 25.6 Å². The molecule has 3 rings (SSSR count). The number of pyridine rings is 1. The predicted molar refractivity (Wildman–Crippen MR) is 78.9 cm³/mol. The van der Waals surface area contributed by atoms with Crippen LogP contribution < -0.4 is 4.74 Å². The molecule has 1 aromatic heterocycles. The Hall–Kier alpha value is -1.97. The largest absolute Gasteiger partial charge is 0.425 e. The number of hydrogen-bond acceptors (Lipinski definition) is 3. The second kappa shape index (κ2) is 5.10. The third-order valence-corrected chi connectivity index (χ3v) is 4.02. The Bertz CT molecular complexity index is 735. The van der Waals surface area contributed by atoms with Crippen LogP contribution in [0.4, 0.5) is 4.39 Å². The van der Waals surface area contributed by atoms with Gasteiger partial charge in [0.1, 0.15) is 11.6 Å². The molecular weight excluding hydrogens is 269 g/mol. The first kappa shape index (κ1) is 14.0. The van der Waals surface area contributed by atoms with Gasteiger partial charge < -0.3 is 4.74 Å². The van der Waals surface area contributed by atoms with Crippen molar-refractivity contribution in [1.82, 2.24) is 4.98 Å². The topological polar surface area (TPSA) is 39.2 Å². The summed E-state index contributed by atoms with van der Waals surface area (Å²) in [4.78, 5) is 16.5. The zero-order valence-corrected chi connectivity index (χ0v) is 12.5. The summed E-state index contributed by atoms with van der Waals surface area (Å²) in [7, 11) is 0. The number of halogens is 1. The molecule has 3 nitrogen and oxygen atoms in total. The molecule has 0 aliphatic heterocycles. The third kappa shape index (κ3) is 2.39. The molecule has 1 aliphatic carbocycles. The summed E-state index contributed by atoms with van der Waals surface area (Å²) >= 11 is 0. The van der Waals surface area contributed by atoms with E-state index in [4.69, 9.17) is 4.74 Å². The average Bonchev–Trinajstić information content (AvgIpc) is 3.30. The number of hydrogen-bond donors (Lipinski definition) is 0. The van der Waals surface area contributed by atoms with Gasteiger partial charge in [0.2, 0.25) is 0 Å². The highest BCUT2D eigenvalue weighted by Gasteiger charge is 2.33. The van der Waals surface area contributed by atoms with Crippen molar-refractivity contribution in [2.75, 3.05) is 0 Å². The maximum Gasteiger partial charge on any atom is 0.314 e. The summed E-state index contributed by atoms with van der Waals surface area (Å²) < 4.78 is 20.1. The predicted octanol–water partition coefficient (Wildman–Crippen LogP) is 3.87. The van der Waals surface area contributed by atoms with Crippen molar-refractivity contribution >= 4 is 16.9 Å². The van der Waals surface area contributed by atoms with E-state index in [0.29, 0.717) is 28.6 Å². The molecule has 21 heavy (non-hydrogen) atoms. The molecule has 0 amide bonds. The number of esters is 1. The number of benzene rings is 1. The van der Waals surface area contributed by atoms with E-state index >= 15 is 0 Å². The van der Waals surface area contributed by atoms with Gasteiger partial charge in [-0.1, -0.05) is 13.0 Å². The summed E-state index contributed by atoms with van der Waals surface area (Å²) in [6.07, 6.45) is 2.44. The molecule has 0 atom stereocenters. The summed E-state index contributed by atoms with van der Waals surface area (Å²) in [5.74, 6) is -0.293. The fourth-order valence-corrected chi connectivity index (χ4v) is 2.50. The summed E-state index contributed by atoms with van der Waals surface area (Å²) in [6.45, 7) is 5.52. The standard InChI is InChI=1S/C17H18FNO2/c1-4-12-10(3)16(21-17(20)11-6-7-11)14-13(19-12)8-5-9(2)15(14)18/h5,8,11H,4,6-7H2,1-3H3. The van der Waals surface area contributed by atoms with Gasteiger partial charge in [0.25, 0.3) is 0 Å². The summed E-state index contributed by atoms with van der Waals surface area (Å²) in [5, 5.41) is 0.318. The van der Waals surface area contributed by atoms with Crippen molar-refractivity contribution in [1.29, 1.82) is 0 Å². The van der Waals surface area contributed by atoms with Crippen LogP contribution in [-0.2, 0) is 11.2 Å². The first-order valence-electron chi connectivity index (χ1n) is 7.33. The highest BCUT2D eigenvalue weighted by Crippen LogP contribution is 2.37. The number of rotatable bonds is 3. The number of ether oxygens (including phenoxy) is 1. The van der Waals surface area contributed by atoms with Crippen LogP contribution >= 0.6 is 0 Å². The molecule has 0 N–H and O–H groups in total. The first-order chi connectivity index (χ1) is 10.0. The molecule has 2 aromatic rings. The van der Waals surface area contributed by atoms with E-state index in [1.807, 2.05) is 13.8 Å². The number of fused-ring (bicyclic) bond motifs is 1. The van der Waals surface area contributed by atoms with E-state index in [0.717, 1.165) is 24.1 Å². The third-order valence-electron chi connectivity index (χ3n) is 4.02. The SMILES string of the molecule is CCc1nc2ccc(C)c(F)c2c(OC(=O)C2CC2)c1C. The van der Waals surface area contributed by atoms with Gasteiger partial charge in [0.05, 0.1) is 16.8 Å². The zero-order chi connectivity index (χ0) is 15.1. The second-order valence-electron chi connectivity index (χ2n) is 5.65. The monoisotopic (exact) mass is 287 g/mol. The lowest BCUT2D eigenvalue weighted by atomic mass is 10.0. The molecule has 4 heteroatoms. The number of nitrogens with zero attached hydrogens (tertiary/aromatic N) is 1. The van der Waals surface area contributed by atoms with E-state index in [2.05, 4.69) is 4.98 Å². The van der Waals surface area contributed by atoms with Gasteiger partial charge in [-0.25, -0.2) is 4.39 Å². The van der Waals surface area contributed by atoms with E-state index in [1.54, 1.807) is 19.1 Å². The number of aromatic nitrogens is 1. The Morgan fingerprint density at radius 1 is 1.38 bits per heavy atom. The van der Waals surface area contributed by atoms with E-state index in [9.17, 15) is 9.18 Å². The van der Waals surface area contributed by atoms with Crippen molar-refractivity contribution in [3.05, 3.63) is 34.8 Å². The first-order valence-corrected chi connectivity index (χ1v) is 7.33. The number of carbonyl (C=O) groups excluding carboxylic acids is 1. The number of carbonyl (C=O) groups is 1. The second-order valence-corrected chi connectivity index (χ2v) is 5.65. The highest BCUT2D eigenvalue weighted by atomic mass is 19.1. The molecule has 0 spiro atoms. The minimum absolute atomic E-state index is 0.0226. The molecule has 0 bridgehead atoms. The van der Waals surface area contributed by atoms with Crippen LogP contribution in [0.15, 0.2) is 12.1 Å². The van der Waals surface area contributed by atoms with E-state index in [1.165, 1.54) is 0 Å². The fraction of sp³-hybridized carbons (Fsp3) is 0.412. The average molecular weight is 287 g/mol. The summed E-state index contributed by atoms with van der Waals surface area (Å²) in [5.41, 5.74) is 2.66. The van der Waals surface area contributed by atoms with Gasteiger partial charge in [0.15, 0.2) is 0 Å². The quantitative estimate of drug-likeness (QED) is 0.804. The Morgan fingerprint density at radius 3 is 2.71 bits per heavy atom. The van der Waals surface area contributed by atoms with Crippen molar-refractivity contribution in [3.8, 4) is 5.75 Å². The maximum absolute atomic E-state index is 14.5. The number of aryl methyl sites for hydroxylation is 2. The van der Waals surface area contributed by atoms with Gasteiger partial charge in [-0.2, -0.15) is 0 Å². The Labute approximate surface area is 123 Å². The molecule has 1 aliphatic rings. The molecule has 0 radical (unpaired) electrons. The van der Waals surface area contributed by atoms with Crippen LogP contribution in [0.5, 0.6) is 5.75 Å². The van der Waals surface area contributed by atoms with Gasteiger partial charge in [-0.3, -0.25) is 9.78 Å². The molecule has 1 saturated carbocycles. The van der Waals surface area contributed by atoms with Crippen molar-refractivity contribution in [3.63, 3.8) is 0 Å². The van der Waals surface area contributed by atoms with Gasteiger partial charge in [0, 0.05) is 11.3 Å². The molecule has 1 fully saturated rings. The van der Waals surface area contributed by atoms with Crippen LogP contribution in [0.3, 0.4) is 0 Å². The van der Waals surface area contributed by atoms with Crippen molar-refractivity contribution in [2.24, 2.45) is 5.92 Å². The van der Waals surface area contributed by atoms with E-state index in [-0.39, 0.29) is 17.7 Å². The lowest BCUT2D eigenvalue weighted by molar-refractivity contribution is -0.135. The summed E-state index contributed by atoms with van der Waals surface area (Å²) in [6, 6.07) is 3.48. The Morgan fingerprint density at radius 2 is 2.10 bits per heavy atom. The van der Waals surface area contributed by atoms with Crippen LogP contribution in [0.1, 0.15) is 36.6 Å². The van der Waals surface area contributed by atoms with Crippen LogP contribution in [0.2, 0.25) is 0 Å². The Kier molecular flexibility index (Phi) is 3.40. The molecule has 1 heterocycles. The lowest BCUT2D eigenvalue weighted by Gasteiger charge is -2.15. The fourth-order valence-electron chi connectivity index (χ4n) is 2.50. The van der Waals surface area contributed by atoms with Crippen molar-refractivity contribution < 1.29 is 13.9 Å². The molecule has 0 unspecified atom stereocenters. The van der Waals surface area contributed by atoms with Crippen LogP contribution in [0.25, 0.3) is 10.9 Å². The Balaban J connectivity index is 2.23. The van der Waals surface area contributed by atoms with Crippen LogP contribution in [-0.4, -0.2) is 11.0 Å². The maximum atomic E-state index is 14.5.